The van der Waals surface area contributed by atoms with Crippen LogP contribution in [0.4, 0.5) is 4.39 Å². The third kappa shape index (κ3) is 4.03. The topological polar surface area (TPSA) is 113 Å². The number of likely N-dealkylation sites (tertiary alicyclic amines) is 1. The molecule has 0 saturated carbocycles. The summed E-state index contributed by atoms with van der Waals surface area (Å²) in [6.07, 6.45) is 2.56. The molecule has 0 N–H and O–H groups in total. The molecule has 3 aromatic heterocycles. The lowest BCUT2D eigenvalue weighted by atomic mass is 10.1. The number of rotatable bonds is 7. The minimum absolute atomic E-state index is 0.0609. The van der Waals surface area contributed by atoms with Crippen molar-refractivity contribution in [2.45, 2.75) is 32.0 Å². The smallest absolute Gasteiger partial charge is 0.332 e. The van der Waals surface area contributed by atoms with Crippen molar-refractivity contribution in [1.82, 2.24) is 29.0 Å². The number of hydrogen-bond donors (Lipinski definition) is 0. The number of fused-ring (bicyclic) bond motifs is 1. The van der Waals surface area contributed by atoms with Gasteiger partial charge in [0.15, 0.2) is 0 Å². The normalized spacial score (nSPS) is 16.6. The number of amides is 1. The van der Waals surface area contributed by atoms with E-state index >= 15 is 0 Å². The number of carbonyl (C=O) groups excluding carboxylic acids is 1. The van der Waals surface area contributed by atoms with Crippen molar-refractivity contribution in [3.8, 4) is 10.8 Å². The van der Waals surface area contributed by atoms with Gasteiger partial charge in [0.1, 0.15) is 33.5 Å². The molecule has 1 aromatic carbocycles. The standard InChI is InChI=1S/C24H25FN6O5S/c1-13-19-21(33)30(16-7-10-28(2)20(16)32)24(34)29(23(19)37-22(13)31-26-8-9-27-31)12-18(36-4)15-11-14(25)5-6-17(15)35-3/h5-6,8-9,11,16,18H,7,10,12H2,1-4H3/t16-,18+/m1/s1. The van der Waals surface area contributed by atoms with E-state index in [0.29, 0.717) is 45.1 Å². The van der Waals surface area contributed by atoms with E-state index in [2.05, 4.69) is 10.2 Å². The molecule has 0 bridgehead atoms. The van der Waals surface area contributed by atoms with Gasteiger partial charge in [-0.15, -0.1) is 4.80 Å². The van der Waals surface area contributed by atoms with Crippen molar-refractivity contribution < 1.29 is 18.7 Å². The molecule has 11 nitrogen and oxygen atoms in total. The summed E-state index contributed by atoms with van der Waals surface area (Å²) in [5.41, 5.74) is -0.208. The highest BCUT2D eigenvalue weighted by molar-refractivity contribution is 7.21. The highest BCUT2D eigenvalue weighted by atomic mass is 32.1. The van der Waals surface area contributed by atoms with Crippen LogP contribution in [0.5, 0.6) is 5.75 Å². The van der Waals surface area contributed by atoms with Crippen LogP contribution in [0.1, 0.15) is 29.7 Å². The summed E-state index contributed by atoms with van der Waals surface area (Å²) < 4.78 is 27.7. The van der Waals surface area contributed by atoms with Gasteiger partial charge in [-0.05, 0) is 31.5 Å². The molecule has 1 saturated heterocycles. The summed E-state index contributed by atoms with van der Waals surface area (Å²) in [5, 5.41) is 9.22. The predicted octanol–water partition coefficient (Wildman–Crippen LogP) is 2.05. The van der Waals surface area contributed by atoms with Gasteiger partial charge in [0.25, 0.3) is 5.56 Å². The predicted molar refractivity (Wildman–Crippen MR) is 134 cm³/mol. The molecule has 0 aliphatic carbocycles. The highest BCUT2D eigenvalue weighted by Gasteiger charge is 2.35. The first kappa shape index (κ1) is 24.8. The second kappa shape index (κ2) is 9.56. The van der Waals surface area contributed by atoms with E-state index in [0.717, 1.165) is 4.57 Å². The van der Waals surface area contributed by atoms with Crippen LogP contribution >= 0.6 is 11.3 Å². The van der Waals surface area contributed by atoms with Crippen LogP contribution in [-0.2, 0) is 16.1 Å². The zero-order chi connectivity index (χ0) is 26.4. The Morgan fingerprint density at radius 2 is 1.92 bits per heavy atom. The average molecular weight is 529 g/mol. The summed E-state index contributed by atoms with van der Waals surface area (Å²) in [6, 6.07) is 3.13. The lowest BCUT2D eigenvalue weighted by Gasteiger charge is -2.22. The number of methoxy groups -OCH3 is 2. The number of aryl methyl sites for hydroxylation is 1. The lowest BCUT2D eigenvalue weighted by molar-refractivity contribution is -0.129. The molecular formula is C24H25FN6O5S. The van der Waals surface area contributed by atoms with Crippen LogP contribution < -0.4 is 16.0 Å². The Morgan fingerprint density at radius 3 is 2.54 bits per heavy atom. The van der Waals surface area contributed by atoms with Gasteiger partial charge >= 0.3 is 5.69 Å². The first-order chi connectivity index (χ1) is 17.8. The second-order valence-electron chi connectivity index (χ2n) is 8.77. The SMILES string of the molecule is COc1ccc(F)cc1[C@H](Cn1c(=O)n([C@@H]2CCN(C)C2=O)c(=O)c2c(C)c(-n3nccn3)sc21)OC. The molecule has 4 aromatic rings. The molecule has 4 heterocycles. The zero-order valence-corrected chi connectivity index (χ0v) is 21.5. The van der Waals surface area contributed by atoms with Crippen molar-refractivity contribution in [2.24, 2.45) is 0 Å². The summed E-state index contributed by atoms with van der Waals surface area (Å²) in [4.78, 5) is 43.8. The van der Waals surface area contributed by atoms with E-state index < -0.39 is 29.2 Å². The number of carbonyl (C=O) groups is 1. The van der Waals surface area contributed by atoms with Gasteiger partial charge < -0.3 is 14.4 Å². The Balaban J connectivity index is 1.77. The molecule has 1 fully saturated rings. The van der Waals surface area contributed by atoms with Crippen molar-refractivity contribution in [2.75, 3.05) is 27.8 Å². The molecule has 1 aliphatic heterocycles. The monoisotopic (exact) mass is 528 g/mol. The second-order valence-corrected chi connectivity index (χ2v) is 9.75. The van der Waals surface area contributed by atoms with Gasteiger partial charge in [0.2, 0.25) is 5.91 Å². The van der Waals surface area contributed by atoms with Crippen LogP contribution in [0, 0.1) is 12.7 Å². The van der Waals surface area contributed by atoms with Gasteiger partial charge in [-0.25, -0.2) is 13.8 Å². The third-order valence-electron chi connectivity index (χ3n) is 6.70. The molecular weight excluding hydrogens is 503 g/mol. The lowest BCUT2D eigenvalue weighted by Crippen LogP contribution is -2.44. The Kier molecular flexibility index (Phi) is 6.42. The number of hydrogen-bond acceptors (Lipinski definition) is 8. The van der Waals surface area contributed by atoms with Gasteiger partial charge in [0, 0.05) is 31.8 Å². The van der Waals surface area contributed by atoms with Crippen molar-refractivity contribution in [3.05, 3.63) is 68.4 Å². The number of ether oxygens (including phenoxy) is 2. The Hall–Kier alpha value is -3.84. The summed E-state index contributed by atoms with van der Waals surface area (Å²) in [5.74, 6) is -0.400. The first-order valence-electron chi connectivity index (χ1n) is 11.5. The minimum Gasteiger partial charge on any atom is -0.496 e. The quantitative estimate of drug-likeness (QED) is 0.361. The maximum absolute atomic E-state index is 14.2. The van der Waals surface area contributed by atoms with Crippen LogP contribution in [0.15, 0.2) is 40.2 Å². The van der Waals surface area contributed by atoms with Crippen LogP contribution in [0.25, 0.3) is 15.2 Å². The number of thiophene rings is 1. The number of likely N-dealkylation sites (N-methyl/N-ethyl adjacent to an activating group) is 1. The fraction of sp³-hybridized carbons (Fsp3) is 0.375. The molecule has 37 heavy (non-hydrogen) atoms. The zero-order valence-electron chi connectivity index (χ0n) is 20.7. The molecule has 0 radical (unpaired) electrons. The van der Waals surface area contributed by atoms with Crippen molar-refractivity contribution >= 4 is 27.5 Å². The van der Waals surface area contributed by atoms with E-state index in [1.54, 1.807) is 14.0 Å². The van der Waals surface area contributed by atoms with Crippen LogP contribution in [-0.4, -0.2) is 62.7 Å². The van der Waals surface area contributed by atoms with Crippen molar-refractivity contribution in [1.29, 1.82) is 0 Å². The van der Waals surface area contributed by atoms with E-state index in [1.165, 1.54) is 70.4 Å². The van der Waals surface area contributed by atoms with Gasteiger partial charge in [-0.3, -0.25) is 14.2 Å². The highest BCUT2D eigenvalue weighted by Crippen LogP contribution is 2.34. The molecule has 0 spiro atoms. The molecule has 194 valence electrons. The molecule has 5 rings (SSSR count). The van der Waals surface area contributed by atoms with Crippen LogP contribution in [0.2, 0.25) is 0 Å². The average Bonchev–Trinajstić information content (AvgIpc) is 3.60. The summed E-state index contributed by atoms with van der Waals surface area (Å²) in [6.45, 7) is 2.12. The Labute approximate surface area is 214 Å². The van der Waals surface area contributed by atoms with Crippen LogP contribution in [0.3, 0.4) is 0 Å². The molecule has 0 unspecified atom stereocenters. The fourth-order valence-electron chi connectivity index (χ4n) is 4.77. The number of benzene rings is 1. The summed E-state index contributed by atoms with van der Waals surface area (Å²) in [7, 11) is 4.54. The van der Waals surface area contributed by atoms with Gasteiger partial charge in [-0.1, -0.05) is 11.3 Å². The van der Waals surface area contributed by atoms with E-state index in [-0.39, 0.29) is 12.5 Å². The number of nitrogens with zero attached hydrogens (tertiary/aromatic N) is 6. The number of aromatic nitrogens is 5. The molecule has 1 aliphatic rings. The fourth-order valence-corrected chi connectivity index (χ4v) is 5.99. The van der Waals surface area contributed by atoms with E-state index in [4.69, 9.17) is 9.47 Å². The third-order valence-corrected chi connectivity index (χ3v) is 7.98. The minimum atomic E-state index is -0.920. The van der Waals surface area contributed by atoms with Crippen molar-refractivity contribution in [3.63, 3.8) is 0 Å². The molecule has 2 atom stereocenters. The van der Waals surface area contributed by atoms with Gasteiger partial charge in [-0.2, -0.15) is 10.2 Å². The van der Waals surface area contributed by atoms with E-state index in [1.807, 2.05) is 0 Å². The Morgan fingerprint density at radius 1 is 1.19 bits per heavy atom. The first-order valence-corrected chi connectivity index (χ1v) is 12.3. The largest absolute Gasteiger partial charge is 0.496 e. The van der Waals surface area contributed by atoms with E-state index in [9.17, 15) is 18.8 Å². The summed E-state index contributed by atoms with van der Waals surface area (Å²) >= 11 is 1.18. The van der Waals surface area contributed by atoms with Gasteiger partial charge in [0.05, 0.1) is 31.4 Å². The maximum atomic E-state index is 14.2. The maximum Gasteiger partial charge on any atom is 0.332 e. The molecule has 13 heteroatoms. The molecule has 1 amide bonds. The number of halogens is 1. The Bertz CT molecular complexity index is 1610.